The number of halogens is 4. The van der Waals surface area contributed by atoms with E-state index >= 15 is 0 Å². The summed E-state index contributed by atoms with van der Waals surface area (Å²) in [5.74, 6) is -7.60. The van der Waals surface area contributed by atoms with E-state index in [2.05, 4.69) is 10.2 Å². The van der Waals surface area contributed by atoms with Crippen molar-refractivity contribution in [2.24, 2.45) is 0 Å². The minimum Gasteiger partial charge on any atom is -0.420 e. The van der Waals surface area contributed by atoms with Gasteiger partial charge in [0.1, 0.15) is 0 Å². The second-order valence-electron chi connectivity index (χ2n) is 5.30. The van der Waals surface area contributed by atoms with Crippen LogP contribution in [0.25, 0.3) is 11.5 Å². The predicted octanol–water partition coefficient (Wildman–Crippen LogP) is 4.54. The molecule has 1 aromatic heterocycles. The molecule has 0 aliphatic rings. The zero-order valence-electron chi connectivity index (χ0n) is 12.0. The summed E-state index contributed by atoms with van der Waals surface area (Å²) in [6, 6.07) is 0. The standard InChI is InChI=1S/C14H14F4N2O/c1-5(2)7-8(10(16)12(18)11(17)9(7)15)14-20-19-13(21-14)6(3)4/h5-6H,1-4H3. The Bertz CT molecular complexity index is 680. The van der Waals surface area contributed by atoms with Crippen LogP contribution in [0, 0.1) is 23.3 Å². The van der Waals surface area contributed by atoms with Gasteiger partial charge in [0.05, 0.1) is 5.56 Å². The third kappa shape index (κ3) is 2.52. The third-order valence-electron chi connectivity index (χ3n) is 3.03. The smallest absolute Gasteiger partial charge is 0.251 e. The normalized spacial score (nSPS) is 11.7. The van der Waals surface area contributed by atoms with Crippen molar-refractivity contribution in [2.75, 3.05) is 0 Å². The van der Waals surface area contributed by atoms with Gasteiger partial charge in [0.2, 0.25) is 5.89 Å². The summed E-state index contributed by atoms with van der Waals surface area (Å²) >= 11 is 0. The molecule has 0 saturated heterocycles. The zero-order chi connectivity index (χ0) is 15.9. The van der Waals surface area contributed by atoms with Crippen molar-refractivity contribution in [1.82, 2.24) is 10.2 Å². The topological polar surface area (TPSA) is 38.9 Å². The summed E-state index contributed by atoms with van der Waals surface area (Å²) in [5.41, 5.74) is -0.855. The molecule has 0 aliphatic carbocycles. The maximum Gasteiger partial charge on any atom is 0.251 e. The largest absolute Gasteiger partial charge is 0.420 e. The Hall–Kier alpha value is -1.92. The molecule has 0 bridgehead atoms. The first-order chi connectivity index (χ1) is 9.75. The maximum atomic E-state index is 14.0. The summed E-state index contributed by atoms with van der Waals surface area (Å²) in [7, 11) is 0. The molecule has 3 nitrogen and oxygen atoms in total. The van der Waals surface area contributed by atoms with E-state index in [0.717, 1.165) is 0 Å². The fraction of sp³-hybridized carbons (Fsp3) is 0.429. The molecule has 114 valence electrons. The lowest BCUT2D eigenvalue weighted by molar-refractivity contribution is 0.399. The van der Waals surface area contributed by atoms with E-state index < -0.39 is 34.8 Å². The molecule has 0 atom stereocenters. The SMILES string of the molecule is CC(C)c1nnc(-c2c(F)c(F)c(F)c(F)c2C(C)C)o1. The molecule has 21 heavy (non-hydrogen) atoms. The Balaban J connectivity index is 2.77. The van der Waals surface area contributed by atoms with Crippen LogP contribution < -0.4 is 0 Å². The quantitative estimate of drug-likeness (QED) is 0.474. The average Bonchev–Trinajstić information content (AvgIpc) is 2.89. The molecule has 2 aromatic rings. The Labute approximate surface area is 119 Å². The van der Waals surface area contributed by atoms with Gasteiger partial charge in [-0.2, -0.15) is 0 Å². The van der Waals surface area contributed by atoms with Crippen LogP contribution >= 0.6 is 0 Å². The monoisotopic (exact) mass is 302 g/mol. The maximum absolute atomic E-state index is 14.0. The van der Waals surface area contributed by atoms with Crippen LogP contribution in [0.2, 0.25) is 0 Å². The van der Waals surface area contributed by atoms with E-state index in [1.165, 1.54) is 13.8 Å². The van der Waals surface area contributed by atoms with Crippen molar-refractivity contribution in [3.05, 3.63) is 34.7 Å². The van der Waals surface area contributed by atoms with E-state index in [4.69, 9.17) is 4.42 Å². The first-order valence-electron chi connectivity index (χ1n) is 6.45. The molecule has 2 rings (SSSR count). The number of nitrogens with zero attached hydrogens (tertiary/aromatic N) is 2. The molecule has 0 amide bonds. The van der Waals surface area contributed by atoms with Gasteiger partial charge in [0.25, 0.3) is 5.89 Å². The van der Waals surface area contributed by atoms with E-state index in [1.54, 1.807) is 13.8 Å². The highest BCUT2D eigenvalue weighted by Gasteiger charge is 2.30. The van der Waals surface area contributed by atoms with Crippen LogP contribution in [0.3, 0.4) is 0 Å². The summed E-state index contributed by atoms with van der Waals surface area (Å²) < 4.78 is 60.1. The molecule has 0 spiro atoms. The first kappa shape index (κ1) is 15.5. The van der Waals surface area contributed by atoms with Crippen LogP contribution in [0.5, 0.6) is 0 Å². The van der Waals surface area contributed by atoms with Gasteiger partial charge >= 0.3 is 0 Å². The number of aromatic nitrogens is 2. The van der Waals surface area contributed by atoms with Crippen LogP contribution in [0.1, 0.15) is 51.0 Å². The van der Waals surface area contributed by atoms with Gasteiger partial charge in [-0.15, -0.1) is 10.2 Å². The molecule has 0 fully saturated rings. The van der Waals surface area contributed by atoms with Gasteiger partial charge < -0.3 is 4.42 Å². The van der Waals surface area contributed by atoms with E-state index in [-0.39, 0.29) is 23.3 Å². The van der Waals surface area contributed by atoms with Gasteiger partial charge in [-0.25, -0.2) is 17.6 Å². The lowest BCUT2D eigenvalue weighted by Gasteiger charge is -2.13. The van der Waals surface area contributed by atoms with E-state index in [1.807, 2.05) is 0 Å². The van der Waals surface area contributed by atoms with Gasteiger partial charge in [-0.1, -0.05) is 27.7 Å². The highest BCUT2D eigenvalue weighted by molar-refractivity contribution is 5.61. The molecule has 0 radical (unpaired) electrons. The molecule has 1 aromatic carbocycles. The van der Waals surface area contributed by atoms with E-state index in [0.29, 0.717) is 0 Å². The number of hydrogen-bond acceptors (Lipinski definition) is 3. The predicted molar refractivity (Wildman–Crippen MR) is 67.7 cm³/mol. The van der Waals surface area contributed by atoms with Crippen LogP contribution in [-0.4, -0.2) is 10.2 Å². The number of rotatable bonds is 3. The minimum absolute atomic E-state index is 0.132. The highest BCUT2D eigenvalue weighted by atomic mass is 19.2. The van der Waals surface area contributed by atoms with Crippen LogP contribution in [0.15, 0.2) is 4.42 Å². The second-order valence-corrected chi connectivity index (χ2v) is 5.30. The van der Waals surface area contributed by atoms with Gasteiger partial charge in [0.15, 0.2) is 23.3 Å². The van der Waals surface area contributed by atoms with Crippen LogP contribution in [-0.2, 0) is 0 Å². The van der Waals surface area contributed by atoms with Crippen LogP contribution in [0.4, 0.5) is 17.6 Å². The third-order valence-corrected chi connectivity index (χ3v) is 3.03. The van der Waals surface area contributed by atoms with Crippen molar-refractivity contribution in [3.63, 3.8) is 0 Å². The van der Waals surface area contributed by atoms with Gasteiger partial charge in [0, 0.05) is 11.5 Å². The highest BCUT2D eigenvalue weighted by Crippen LogP contribution is 2.36. The lowest BCUT2D eigenvalue weighted by atomic mass is 9.95. The molecule has 0 saturated carbocycles. The van der Waals surface area contributed by atoms with Gasteiger partial charge in [-0.3, -0.25) is 0 Å². The summed E-state index contributed by atoms with van der Waals surface area (Å²) in [5, 5.41) is 7.30. The second kappa shape index (κ2) is 5.46. The summed E-state index contributed by atoms with van der Waals surface area (Å²) in [6.45, 7) is 6.59. The Kier molecular flexibility index (Phi) is 4.02. The number of hydrogen-bond donors (Lipinski definition) is 0. The Morgan fingerprint density at radius 2 is 1.33 bits per heavy atom. The summed E-state index contributed by atoms with van der Waals surface area (Å²) in [6.07, 6.45) is 0. The number of benzene rings is 1. The molecular weight excluding hydrogens is 288 g/mol. The molecule has 0 aliphatic heterocycles. The average molecular weight is 302 g/mol. The molecule has 1 heterocycles. The Morgan fingerprint density at radius 3 is 1.81 bits per heavy atom. The zero-order valence-corrected chi connectivity index (χ0v) is 12.0. The van der Waals surface area contributed by atoms with Crippen molar-refractivity contribution in [3.8, 4) is 11.5 Å². The molecule has 7 heteroatoms. The van der Waals surface area contributed by atoms with Crippen molar-refractivity contribution in [1.29, 1.82) is 0 Å². The fourth-order valence-electron chi connectivity index (χ4n) is 1.97. The fourth-order valence-corrected chi connectivity index (χ4v) is 1.97. The molecular formula is C14H14F4N2O. The molecule has 0 N–H and O–H groups in total. The molecule has 0 unspecified atom stereocenters. The van der Waals surface area contributed by atoms with Gasteiger partial charge in [-0.05, 0) is 5.92 Å². The van der Waals surface area contributed by atoms with Crippen molar-refractivity contribution < 1.29 is 22.0 Å². The van der Waals surface area contributed by atoms with Crippen molar-refractivity contribution >= 4 is 0 Å². The lowest BCUT2D eigenvalue weighted by Crippen LogP contribution is -2.07. The van der Waals surface area contributed by atoms with E-state index in [9.17, 15) is 17.6 Å². The first-order valence-corrected chi connectivity index (χ1v) is 6.45. The summed E-state index contributed by atoms with van der Waals surface area (Å²) in [4.78, 5) is 0. The Morgan fingerprint density at radius 1 is 0.762 bits per heavy atom. The minimum atomic E-state index is -1.89. The van der Waals surface area contributed by atoms with Crippen molar-refractivity contribution in [2.45, 2.75) is 39.5 Å².